The van der Waals surface area contributed by atoms with E-state index in [1.165, 1.54) is 5.56 Å². The molecule has 0 radical (unpaired) electrons. The zero-order valence-corrected chi connectivity index (χ0v) is 9.44. The highest BCUT2D eigenvalue weighted by atomic mass is 16.2. The first kappa shape index (κ1) is 11.0. The standard InChI is InChI=1S/C12H17N3O/c1-9-8-15(14-12(9)16)11-5-3-2-4-10(11)6-7-13/h2-5,9H,6-8,13H2,1H3,(H,14,16). The second-order valence-corrected chi connectivity index (χ2v) is 4.16. The minimum Gasteiger partial charge on any atom is -0.330 e. The van der Waals surface area contributed by atoms with Crippen LogP contribution in [-0.4, -0.2) is 19.0 Å². The molecule has 1 fully saturated rings. The van der Waals surface area contributed by atoms with E-state index in [0.717, 1.165) is 18.7 Å². The van der Waals surface area contributed by atoms with Crippen molar-refractivity contribution in [1.29, 1.82) is 0 Å². The number of nitrogens with one attached hydrogen (secondary N) is 1. The highest BCUT2D eigenvalue weighted by molar-refractivity contribution is 5.84. The van der Waals surface area contributed by atoms with Gasteiger partial charge in [0.2, 0.25) is 5.91 Å². The SMILES string of the molecule is CC1CN(c2ccccc2CCN)NC1=O. The van der Waals surface area contributed by atoms with Crippen LogP contribution in [0.5, 0.6) is 0 Å². The van der Waals surface area contributed by atoms with Crippen LogP contribution in [0, 0.1) is 5.92 Å². The van der Waals surface area contributed by atoms with Crippen LogP contribution in [0.4, 0.5) is 5.69 Å². The second kappa shape index (κ2) is 4.53. The number of hydrazine groups is 1. The van der Waals surface area contributed by atoms with Crippen LogP contribution < -0.4 is 16.2 Å². The number of benzene rings is 1. The Morgan fingerprint density at radius 3 is 2.88 bits per heavy atom. The monoisotopic (exact) mass is 219 g/mol. The average Bonchev–Trinajstić information content (AvgIpc) is 2.60. The summed E-state index contributed by atoms with van der Waals surface area (Å²) < 4.78 is 0. The molecular formula is C12H17N3O. The van der Waals surface area contributed by atoms with Gasteiger partial charge in [0, 0.05) is 0 Å². The lowest BCUT2D eigenvalue weighted by atomic mass is 10.1. The van der Waals surface area contributed by atoms with E-state index in [9.17, 15) is 4.79 Å². The summed E-state index contributed by atoms with van der Waals surface area (Å²) in [7, 11) is 0. The lowest BCUT2D eigenvalue weighted by Crippen LogP contribution is -2.33. The molecule has 0 aromatic heterocycles. The van der Waals surface area contributed by atoms with E-state index in [0.29, 0.717) is 6.54 Å². The molecule has 1 heterocycles. The molecule has 0 aliphatic carbocycles. The molecule has 16 heavy (non-hydrogen) atoms. The number of rotatable bonds is 3. The molecule has 4 heteroatoms. The number of nitrogens with two attached hydrogens (primary N) is 1. The number of nitrogens with zero attached hydrogens (tertiary/aromatic N) is 1. The van der Waals surface area contributed by atoms with Crippen molar-refractivity contribution in [2.75, 3.05) is 18.1 Å². The summed E-state index contributed by atoms with van der Waals surface area (Å²) in [5.41, 5.74) is 10.7. The molecule has 1 saturated heterocycles. The van der Waals surface area contributed by atoms with Crippen molar-refractivity contribution in [3.8, 4) is 0 Å². The van der Waals surface area contributed by atoms with Gasteiger partial charge in [0.15, 0.2) is 0 Å². The van der Waals surface area contributed by atoms with Crippen LogP contribution in [0.2, 0.25) is 0 Å². The molecule has 1 aromatic rings. The molecule has 1 aromatic carbocycles. The van der Waals surface area contributed by atoms with E-state index >= 15 is 0 Å². The fraction of sp³-hybridized carbons (Fsp3) is 0.417. The van der Waals surface area contributed by atoms with Gasteiger partial charge in [-0.15, -0.1) is 0 Å². The van der Waals surface area contributed by atoms with E-state index in [4.69, 9.17) is 5.73 Å². The number of hydrogen-bond acceptors (Lipinski definition) is 3. The third-order valence-electron chi connectivity index (χ3n) is 2.85. The topological polar surface area (TPSA) is 58.4 Å². The summed E-state index contributed by atoms with van der Waals surface area (Å²) in [6, 6.07) is 8.04. The lowest BCUT2D eigenvalue weighted by Gasteiger charge is -2.20. The first-order chi connectivity index (χ1) is 7.72. The van der Waals surface area contributed by atoms with Gasteiger partial charge in [-0.3, -0.25) is 15.2 Å². The molecule has 0 bridgehead atoms. The van der Waals surface area contributed by atoms with E-state index in [1.54, 1.807) is 0 Å². The normalized spacial score (nSPS) is 20.0. The van der Waals surface area contributed by atoms with Crippen molar-refractivity contribution in [3.05, 3.63) is 29.8 Å². The maximum absolute atomic E-state index is 11.4. The van der Waals surface area contributed by atoms with Gasteiger partial charge in [-0.25, -0.2) is 0 Å². The van der Waals surface area contributed by atoms with Crippen LogP contribution >= 0.6 is 0 Å². The van der Waals surface area contributed by atoms with Gasteiger partial charge in [-0.2, -0.15) is 0 Å². The van der Waals surface area contributed by atoms with Crippen LogP contribution in [0.15, 0.2) is 24.3 Å². The van der Waals surface area contributed by atoms with Gasteiger partial charge in [-0.1, -0.05) is 25.1 Å². The zero-order valence-electron chi connectivity index (χ0n) is 9.44. The number of amides is 1. The predicted octanol–water partition coefficient (Wildman–Crippen LogP) is 0.675. The first-order valence-electron chi connectivity index (χ1n) is 5.58. The largest absolute Gasteiger partial charge is 0.330 e. The van der Waals surface area contributed by atoms with Gasteiger partial charge >= 0.3 is 0 Å². The van der Waals surface area contributed by atoms with Gasteiger partial charge in [-0.05, 0) is 24.6 Å². The quantitative estimate of drug-likeness (QED) is 0.785. The van der Waals surface area contributed by atoms with Crippen molar-refractivity contribution < 1.29 is 4.79 Å². The molecule has 86 valence electrons. The Hall–Kier alpha value is -1.55. The summed E-state index contributed by atoms with van der Waals surface area (Å²) in [4.78, 5) is 11.4. The Kier molecular flexibility index (Phi) is 3.10. The molecule has 3 N–H and O–H groups in total. The molecule has 0 spiro atoms. The van der Waals surface area contributed by atoms with Crippen LogP contribution in [0.3, 0.4) is 0 Å². The minimum absolute atomic E-state index is 0.0472. The molecule has 1 unspecified atom stereocenters. The van der Waals surface area contributed by atoms with Crippen molar-refractivity contribution in [1.82, 2.24) is 5.43 Å². The molecule has 0 saturated carbocycles. The highest BCUT2D eigenvalue weighted by Gasteiger charge is 2.27. The minimum atomic E-state index is 0.0472. The number of anilines is 1. The fourth-order valence-electron chi connectivity index (χ4n) is 1.95. The number of para-hydroxylation sites is 1. The second-order valence-electron chi connectivity index (χ2n) is 4.16. The van der Waals surface area contributed by atoms with Gasteiger partial charge in [0.05, 0.1) is 18.2 Å². The van der Waals surface area contributed by atoms with Gasteiger partial charge in [0.25, 0.3) is 0 Å². The predicted molar refractivity (Wildman–Crippen MR) is 63.9 cm³/mol. The number of hydrogen-bond donors (Lipinski definition) is 2. The zero-order chi connectivity index (χ0) is 11.5. The number of carbonyl (C=O) groups is 1. The summed E-state index contributed by atoms with van der Waals surface area (Å²) in [6.45, 7) is 3.27. The van der Waals surface area contributed by atoms with Crippen LogP contribution in [0.1, 0.15) is 12.5 Å². The van der Waals surface area contributed by atoms with E-state index in [1.807, 2.05) is 30.1 Å². The van der Waals surface area contributed by atoms with Gasteiger partial charge < -0.3 is 5.73 Å². The maximum Gasteiger partial charge on any atom is 0.243 e. The Labute approximate surface area is 95.4 Å². The Morgan fingerprint density at radius 2 is 2.25 bits per heavy atom. The molecule has 1 amide bonds. The van der Waals surface area contributed by atoms with E-state index in [2.05, 4.69) is 11.5 Å². The fourth-order valence-corrected chi connectivity index (χ4v) is 1.95. The Balaban J connectivity index is 2.23. The van der Waals surface area contributed by atoms with Crippen LogP contribution in [-0.2, 0) is 11.2 Å². The summed E-state index contributed by atoms with van der Waals surface area (Å²) in [5.74, 6) is 0.133. The smallest absolute Gasteiger partial charge is 0.243 e. The lowest BCUT2D eigenvalue weighted by molar-refractivity contribution is -0.121. The summed E-state index contributed by atoms with van der Waals surface area (Å²) in [6.07, 6.45) is 0.830. The van der Waals surface area contributed by atoms with Crippen molar-refractivity contribution >= 4 is 11.6 Å². The van der Waals surface area contributed by atoms with Crippen molar-refractivity contribution in [3.63, 3.8) is 0 Å². The summed E-state index contributed by atoms with van der Waals surface area (Å²) >= 11 is 0. The highest BCUT2D eigenvalue weighted by Crippen LogP contribution is 2.23. The van der Waals surface area contributed by atoms with E-state index in [-0.39, 0.29) is 11.8 Å². The Bertz CT molecular complexity index is 392. The van der Waals surface area contributed by atoms with Crippen LogP contribution in [0.25, 0.3) is 0 Å². The molecular weight excluding hydrogens is 202 g/mol. The molecule has 1 aliphatic rings. The first-order valence-corrected chi connectivity index (χ1v) is 5.58. The molecule has 4 nitrogen and oxygen atoms in total. The van der Waals surface area contributed by atoms with Crippen molar-refractivity contribution in [2.45, 2.75) is 13.3 Å². The summed E-state index contributed by atoms with van der Waals surface area (Å²) in [5, 5.41) is 1.91. The Morgan fingerprint density at radius 1 is 1.50 bits per heavy atom. The molecule has 1 atom stereocenters. The third-order valence-corrected chi connectivity index (χ3v) is 2.85. The third kappa shape index (κ3) is 2.02. The maximum atomic E-state index is 11.4. The van der Waals surface area contributed by atoms with E-state index < -0.39 is 0 Å². The average molecular weight is 219 g/mol. The molecule has 1 aliphatic heterocycles. The van der Waals surface area contributed by atoms with Crippen molar-refractivity contribution in [2.24, 2.45) is 11.7 Å². The molecule has 2 rings (SSSR count). The number of carbonyl (C=O) groups excluding carboxylic acids is 1. The van der Waals surface area contributed by atoms with Gasteiger partial charge in [0.1, 0.15) is 0 Å².